The van der Waals surface area contributed by atoms with Crippen LogP contribution < -0.4 is 5.56 Å². The van der Waals surface area contributed by atoms with E-state index >= 15 is 0 Å². The van der Waals surface area contributed by atoms with Gasteiger partial charge in [0.15, 0.2) is 5.65 Å². The van der Waals surface area contributed by atoms with Gasteiger partial charge in [0.05, 0.1) is 28.6 Å². The number of fused-ring (bicyclic) bond motifs is 2. The Morgan fingerprint density at radius 3 is 2.87 bits per heavy atom. The first-order valence-electron chi connectivity index (χ1n) is 10.3. The van der Waals surface area contributed by atoms with E-state index in [0.717, 1.165) is 65.3 Å². The van der Waals surface area contributed by atoms with Gasteiger partial charge in [-0.05, 0) is 43.0 Å². The Hall–Kier alpha value is -3.32. The summed E-state index contributed by atoms with van der Waals surface area (Å²) in [6.45, 7) is 6.59. The van der Waals surface area contributed by atoms with E-state index in [4.69, 9.17) is 0 Å². The molecule has 0 aromatic carbocycles. The lowest BCUT2D eigenvalue weighted by atomic mass is 10.0. The highest BCUT2D eigenvalue weighted by Gasteiger charge is 2.15. The summed E-state index contributed by atoms with van der Waals surface area (Å²) in [5.74, 6) is 0. The lowest BCUT2D eigenvalue weighted by Crippen LogP contribution is -2.28. The first-order chi connectivity index (χ1) is 14.6. The Morgan fingerprint density at radius 1 is 1.17 bits per heavy atom. The molecule has 1 aliphatic heterocycles. The summed E-state index contributed by atoms with van der Waals surface area (Å²) in [7, 11) is 0. The monoisotopic (exact) mass is 400 g/mol. The quantitative estimate of drug-likeness (QED) is 0.569. The molecular weight excluding hydrogens is 376 g/mol. The van der Waals surface area contributed by atoms with Gasteiger partial charge in [-0.3, -0.25) is 19.7 Å². The van der Waals surface area contributed by atoms with E-state index in [0.29, 0.717) is 6.42 Å². The van der Waals surface area contributed by atoms with E-state index in [9.17, 15) is 4.79 Å². The van der Waals surface area contributed by atoms with Gasteiger partial charge < -0.3 is 9.38 Å². The second-order valence-corrected chi connectivity index (χ2v) is 7.89. The third-order valence-corrected chi connectivity index (χ3v) is 5.70. The van der Waals surface area contributed by atoms with Gasteiger partial charge in [0.2, 0.25) is 0 Å². The van der Waals surface area contributed by atoms with Crippen molar-refractivity contribution >= 4 is 22.3 Å². The van der Waals surface area contributed by atoms with Crippen LogP contribution in [0.3, 0.4) is 0 Å². The second kappa shape index (κ2) is 7.50. The molecule has 0 radical (unpaired) electrons. The van der Waals surface area contributed by atoms with Crippen molar-refractivity contribution in [1.82, 2.24) is 29.2 Å². The maximum atomic E-state index is 12.1. The number of nitrogens with one attached hydrogen (secondary N) is 1. The van der Waals surface area contributed by atoms with E-state index in [2.05, 4.69) is 37.1 Å². The minimum atomic E-state index is -0.0212. The lowest BCUT2D eigenvalue weighted by molar-refractivity contribution is 0.293. The normalized spacial score (nSPS) is 15.1. The van der Waals surface area contributed by atoms with Crippen LogP contribution in [0.15, 0.2) is 47.8 Å². The highest BCUT2D eigenvalue weighted by molar-refractivity contribution is 5.74. The molecule has 0 fully saturated rings. The first-order valence-corrected chi connectivity index (χ1v) is 10.3. The Balaban J connectivity index is 1.32. The first kappa shape index (κ1) is 18.7. The van der Waals surface area contributed by atoms with E-state index in [1.165, 1.54) is 5.57 Å². The maximum Gasteiger partial charge on any atom is 0.251 e. The van der Waals surface area contributed by atoms with Gasteiger partial charge in [0.25, 0.3) is 5.56 Å². The molecule has 30 heavy (non-hydrogen) atoms. The molecule has 0 aliphatic carbocycles. The molecule has 152 valence electrons. The van der Waals surface area contributed by atoms with E-state index in [1.54, 1.807) is 0 Å². The summed E-state index contributed by atoms with van der Waals surface area (Å²) in [6, 6.07) is 3.93. The zero-order chi connectivity index (χ0) is 20.7. The Labute approximate surface area is 174 Å². The van der Waals surface area contributed by atoms with Crippen LogP contribution in [0, 0.1) is 6.92 Å². The van der Waals surface area contributed by atoms with Crippen molar-refractivity contribution in [3.8, 4) is 0 Å². The maximum absolute atomic E-state index is 12.1. The molecule has 0 bridgehead atoms. The zero-order valence-corrected chi connectivity index (χ0v) is 17.2. The highest BCUT2D eigenvalue weighted by atomic mass is 16.1. The molecule has 5 rings (SSSR count). The summed E-state index contributed by atoms with van der Waals surface area (Å²) < 4.78 is 2.04. The molecular formula is C23H24N6O. The van der Waals surface area contributed by atoms with Gasteiger partial charge >= 0.3 is 0 Å². The lowest BCUT2D eigenvalue weighted by Gasteiger charge is -2.26. The van der Waals surface area contributed by atoms with Crippen molar-refractivity contribution in [3.05, 3.63) is 75.9 Å². The number of pyridine rings is 2. The number of aromatic amines is 1. The number of rotatable bonds is 4. The summed E-state index contributed by atoms with van der Waals surface area (Å²) in [5.41, 5.74) is 7.65. The van der Waals surface area contributed by atoms with Crippen molar-refractivity contribution in [2.24, 2.45) is 0 Å². The molecule has 0 unspecified atom stereocenters. The van der Waals surface area contributed by atoms with Crippen LogP contribution in [0.2, 0.25) is 0 Å². The molecule has 0 amide bonds. The molecule has 0 spiro atoms. The van der Waals surface area contributed by atoms with E-state index in [-0.39, 0.29) is 5.56 Å². The van der Waals surface area contributed by atoms with Crippen LogP contribution in [0.25, 0.3) is 22.3 Å². The standard InChI is InChI=1S/C23H24N6O/c1-3-17-9-19-20(27-23(17)30)8-16(10-24-19)13-28-6-4-18(5-7-28)21-14-29-12-15(2)26-22(29)11-25-21/h4,8-12,14H,3,5-7,13H2,1-2H3,(H,27,30). The Morgan fingerprint density at radius 2 is 2.07 bits per heavy atom. The third kappa shape index (κ3) is 3.52. The average Bonchev–Trinajstić information content (AvgIpc) is 3.13. The number of hydrogen-bond acceptors (Lipinski definition) is 5. The van der Waals surface area contributed by atoms with Crippen LogP contribution in [0.5, 0.6) is 0 Å². The summed E-state index contributed by atoms with van der Waals surface area (Å²) in [6.07, 6.45) is 11.7. The molecule has 7 nitrogen and oxygen atoms in total. The van der Waals surface area contributed by atoms with Gasteiger partial charge in [0, 0.05) is 43.8 Å². The van der Waals surface area contributed by atoms with Crippen LogP contribution in [-0.4, -0.2) is 42.3 Å². The molecule has 7 heteroatoms. The number of imidazole rings is 1. The van der Waals surface area contributed by atoms with Crippen molar-refractivity contribution in [2.75, 3.05) is 13.1 Å². The van der Waals surface area contributed by atoms with E-state index < -0.39 is 0 Å². The van der Waals surface area contributed by atoms with Gasteiger partial charge in [0.1, 0.15) is 0 Å². The van der Waals surface area contributed by atoms with Crippen molar-refractivity contribution in [2.45, 2.75) is 33.2 Å². The molecule has 4 aromatic heterocycles. The molecule has 5 heterocycles. The second-order valence-electron chi connectivity index (χ2n) is 7.89. The largest absolute Gasteiger partial charge is 0.320 e. The Bertz CT molecular complexity index is 1330. The number of nitrogens with zero attached hydrogens (tertiary/aromatic N) is 5. The van der Waals surface area contributed by atoms with Crippen LogP contribution in [0.1, 0.15) is 35.9 Å². The minimum Gasteiger partial charge on any atom is -0.320 e. The smallest absolute Gasteiger partial charge is 0.251 e. The van der Waals surface area contributed by atoms with Crippen molar-refractivity contribution in [1.29, 1.82) is 0 Å². The number of aromatic nitrogens is 5. The molecule has 1 N–H and O–H groups in total. The van der Waals surface area contributed by atoms with Crippen molar-refractivity contribution in [3.63, 3.8) is 0 Å². The van der Waals surface area contributed by atoms with Gasteiger partial charge in [-0.1, -0.05) is 13.0 Å². The predicted molar refractivity (Wildman–Crippen MR) is 117 cm³/mol. The number of aryl methyl sites for hydroxylation is 2. The molecule has 0 saturated heterocycles. The minimum absolute atomic E-state index is 0.0212. The van der Waals surface area contributed by atoms with Crippen LogP contribution >= 0.6 is 0 Å². The summed E-state index contributed by atoms with van der Waals surface area (Å²) in [4.78, 5) is 31.0. The molecule has 0 atom stereocenters. The van der Waals surface area contributed by atoms with Crippen LogP contribution in [-0.2, 0) is 13.0 Å². The average molecular weight is 400 g/mol. The van der Waals surface area contributed by atoms with Gasteiger partial charge in [-0.25, -0.2) is 4.98 Å². The number of hydrogen-bond donors (Lipinski definition) is 1. The zero-order valence-electron chi connectivity index (χ0n) is 17.2. The van der Waals surface area contributed by atoms with E-state index in [1.807, 2.05) is 49.0 Å². The highest BCUT2D eigenvalue weighted by Crippen LogP contribution is 2.22. The number of H-pyrrole nitrogens is 1. The summed E-state index contributed by atoms with van der Waals surface area (Å²) in [5, 5.41) is 0. The fourth-order valence-corrected chi connectivity index (χ4v) is 4.05. The SMILES string of the molecule is CCc1cc2ncc(CN3CC=C(c4cn5cc(C)nc5cn4)CC3)cc2[nH]c1=O. The topological polar surface area (TPSA) is 79.2 Å². The Kier molecular flexibility index (Phi) is 4.67. The third-order valence-electron chi connectivity index (χ3n) is 5.70. The predicted octanol–water partition coefficient (Wildman–Crippen LogP) is 3.13. The summed E-state index contributed by atoms with van der Waals surface area (Å²) >= 11 is 0. The molecule has 1 aliphatic rings. The molecule has 0 saturated carbocycles. The molecule has 4 aromatic rings. The van der Waals surface area contributed by atoms with Gasteiger partial charge in [-0.15, -0.1) is 0 Å². The fraction of sp³-hybridized carbons (Fsp3) is 0.304. The fourth-order valence-electron chi connectivity index (χ4n) is 4.05. The van der Waals surface area contributed by atoms with Crippen molar-refractivity contribution < 1.29 is 0 Å². The van der Waals surface area contributed by atoms with Gasteiger partial charge in [-0.2, -0.15) is 0 Å². The van der Waals surface area contributed by atoms with Crippen LogP contribution in [0.4, 0.5) is 0 Å².